The van der Waals surface area contributed by atoms with Gasteiger partial charge in [0.2, 0.25) is 5.91 Å². The van der Waals surface area contributed by atoms with Crippen molar-refractivity contribution in [3.8, 4) is 0 Å². The van der Waals surface area contributed by atoms with Crippen LogP contribution in [0.25, 0.3) is 0 Å². The lowest BCUT2D eigenvalue weighted by Crippen LogP contribution is -2.32. The van der Waals surface area contributed by atoms with Crippen LogP contribution in [0.2, 0.25) is 0 Å². The summed E-state index contributed by atoms with van der Waals surface area (Å²) in [5.74, 6) is 0.929. The summed E-state index contributed by atoms with van der Waals surface area (Å²) < 4.78 is 10.1. The van der Waals surface area contributed by atoms with Crippen molar-refractivity contribution in [1.82, 2.24) is 10.2 Å². The van der Waals surface area contributed by atoms with Gasteiger partial charge in [-0.1, -0.05) is 0 Å². The summed E-state index contributed by atoms with van der Waals surface area (Å²) in [5, 5.41) is 3.14. The van der Waals surface area contributed by atoms with Gasteiger partial charge in [0.15, 0.2) is 0 Å². The molecule has 0 bridgehead atoms. The minimum absolute atomic E-state index is 0.137. The summed E-state index contributed by atoms with van der Waals surface area (Å²) in [5.41, 5.74) is 0.438. The normalized spacial score (nSPS) is 10.5. The molecule has 21 heavy (non-hydrogen) atoms. The van der Waals surface area contributed by atoms with Crippen LogP contribution in [0.4, 0.5) is 0 Å². The quantitative estimate of drug-likeness (QED) is 0.584. The van der Waals surface area contributed by atoms with E-state index in [0.29, 0.717) is 36.6 Å². The molecule has 0 spiro atoms. The molecule has 0 aromatic carbocycles. The first-order valence-corrected chi connectivity index (χ1v) is 7.19. The number of carbonyl (C=O) groups excluding carboxylic acids is 2. The first-order chi connectivity index (χ1) is 10.0. The summed E-state index contributed by atoms with van der Waals surface area (Å²) in [6.07, 6.45) is 0.450. The molecule has 6 heteroatoms. The maximum atomic E-state index is 11.8. The number of carbonyl (C=O) groups is 2. The summed E-state index contributed by atoms with van der Waals surface area (Å²) in [4.78, 5) is 25.1. The molecule has 6 nitrogen and oxygen atoms in total. The van der Waals surface area contributed by atoms with Gasteiger partial charge in [0, 0.05) is 26.1 Å². The van der Waals surface area contributed by atoms with Crippen molar-refractivity contribution in [3.63, 3.8) is 0 Å². The van der Waals surface area contributed by atoms with E-state index >= 15 is 0 Å². The van der Waals surface area contributed by atoms with Crippen LogP contribution in [0.3, 0.4) is 0 Å². The molecule has 0 atom stereocenters. The van der Waals surface area contributed by atoms with Gasteiger partial charge >= 0.3 is 5.97 Å². The molecule has 1 aromatic rings. The van der Waals surface area contributed by atoms with E-state index in [2.05, 4.69) is 10.1 Å². The van der Waals surface area contributed by atoms with Crippen molar-refractivity contribution in [3.05, 3.63) is 23.2 Å². The van der Waals surface area contributed by atoms with Crippen molar-refractivity contribution in [2.75, 3.05) is 26.7 Å². The number of ether oxygens (including phenoxy) is 1. The minimum Gasteiger partial charge on any atom is -0.465 e. The Balaban J connectivity index is 2.40. The van der Waals surface area contributed by atoms with Crippen molar-refractivity contribution >= 4 is 11.9 Å². The van der Waals surface area contributed by atoms with Gasteiger partial charge in [-0.3, -0.25) is 4.79 Å². The fourth-order valence-electron chi connectivity index (χ4n) is 2.08. The first kappa shape index (κ1) is 17.2. The van der Waals surface area contributed by atoms with Gasteiger partial charge in [-0.25, -0.2) is 4.79 Å². The van der Waals surface area contributed by atoms with Gasteiger partial charge in [0.1, 0.15) is 17.1 Å². The molecule has 118 valence electrons. The summed E-state index contributed by atoms with van der Waals surface area (Å²) in [6.45, 7) is 8.17. The van der Waals surface area contributed by atoms with Crippen molar-refractivity contribution in [1.29, 1.82) is 0 Å². The number of nitrogens with one attached hydrogen (secondary N) is 1. The average molecular weight is 296 g/mol. The molecule has 0 saturated carbocycles. The Labute approximate surface area is 125 Å². The topological polar surface area (TPSA) is 71.8 Å². The lowest BCUT2D eigenvalue weighted by Gasteiger charge is -2.18. The molecule has 1 aromatic heterocycles. The molecule has 0 fully saturated rings. The van der Waals surface area contributed by atoms with E-state index in [1.165, 1.54) is 7.11 Å². The number of hydrogen-bond acceptors (Lipinski definition) is 5. The van der Waals surface area contributed by atoms with E-state index in [4.69, 9.17) is 4.42 Å². The van der Waals surface area contributed by atoms with E-state index in [-0.39, 0.29) is 5.91 Å². The van der Waals surface area contributed by atoms with E-state index in [9.17, 15) is 9.59 Å². The largest absolute Gasteiger partial charge is 0.465 e. The summed E-state index contributed by atoms with van der Waals surface area (Å²) in [7, 11) is 1.34. The number of rotatable bonds is 8. The molecule has 0 saturated heterocycles. The van der Waals surface area contributed by atoms with E-state index in [1.807, 2.05) is 13.8 Å². The number of amides is 1. The number of methoxy groups -OCH3 is 1. The van der Waals surface area contributed by atoms with Crippen LogP contribution in [0, 0.1) is 6.92 Å². The molecule has 0 unspecified atom stereocenters. The van der Waals surface area contributed by atoms with Gasteiger partial charge in [0.05, 0.1) is 13.7 Å². The van der Waals surface area contributed by atoms with Crippen LogP contribution in [-0.2, 0) is 16.1 Å². The van der Waals surface area contributed by atoms with E-state index in [0.717, 1.165) is 13.1 Å². The van der Waals surface area contributed by atoms with Crippen molar-refractivity contribution in [2.45, 2.75) is 33.7 Å². The highest BCUT2D eigenvalue weighted by molar-refractivity contribution is 5.90. The number of hydrogen-bond donors (Lipinski definition) is 1. The standard InChI is InChI=1S/C15H24N2O4/c1-5-17(6-2)14(18)7-8-16-10-12-9-13(11(3)21-12)15(19)20-4/h9,16H,5-8,10H2,1-4H3. The number of nitrogens with zero attached hydrogens (tertiary/aromatic N) is 1. The second kappa shape index (κ2) is 8.46. The molecule has 1 N–H and O–H groups in total. The van der Waals surface area contributed by atoms with Crippen LogP contribution >= 0.6 is 0 Å². The molecule has 0 aliphatic rings. The van der Waals surface area contributed by atoms with Crippen LogP contribution in [0.1, 0.15) is 42.1 Å². The zero-order valence-electron chi connectivity index (χ0n) is 13.2. The van der Waals surface area contributed by atoms with Gasteiger partial charge in [-0.2, -0.15) is 0 Å². The predicted molar refractivity (Wildman–Crippen MR) is 79.0 cm³/mol. The molecule has 0 aliphatic heterocycles. The average Bonchev–Trinajstić information content (AvgIpc) is 2.85. The maximum absolute atomic E-state index is 11.8. The smallest absolute Gasteiger partial charge is 0.341 e. The Morgan fingerprint density at radius 1 is 1.33 bits per heavy atom. The van der Waals surface area contributed by atoms with Gasteiger partial charge in [0.25, 0.3) is 0 Å². The van der Waals surface area contributed by atoms with Crippen molar-refractivity contribution in [2.24, 2.45) is 0 Å². The molecule has 1 rings (SSSR count). The monoisotopic (exact) mass is 296 g/mol. The van der Waals surface area contributed by atoms with Gasteiger partial charge in [-0.15, -0.1) is 0 Å². The Hall–Kier alpha value is -1.82. The van der Waals surface area contributed by atoms with Crippen LogP contribution in [0.5, 0.6) is 0 Å². The predicted octanol–water partition coefficient (Wildman–Crippen LogP) is 1.72. The zero-order chi connectivity index (χ0) is 15.8. The summed E-state index contributed by atoms with van der Waals surface area (Å²) in [6, 6.07) is 1.67. The number of aryl methyl sites for hydroxylation is 1. The fourth-order valence-corrected chi connectivity index (χ4v) is 2.08. The van der Waals surface area contributed by atoms with Crippen LogP contribution in [0.15, 0.2) is 10.5 Å². The fraction of sp³-hybridized carbons (Fsp3) is 0.600. The van der Waals surface area contributed by atoms with Crippen LogP contribution in [-0.4, -0.2) is 43.5 Å². The minimum atomic E-state index is -0.404. The third kappa shape index (κ3) is 4.90. The van der Waals surface area contributed by atoms with E-state index < -0.39 is 5.97 Å². The lowest BCUT2D eigenvalue weighted by atomic mass is 10.2. The second-order valence-electron chi connectivity index (χ2n) is 4.67. The Morgan fingerprint density at radius 2 is 2.00 bits per heavy atom. The van der Waals surface area contributed by atoms with Gasteiger partial charge in [-0.05, 0) is 26.8 Å². The van der Waals surface area contributed by atoms with Crippen molar-refractivity contribution < 1.29 is 18.7 Å². The number of esters is 1. The molecule has 1 amide bonds. The lowest BCUT2D eigenvalue weighted by molar-refractivity contribution is -0.130. The molecule has 0 radical (unpaired) electrons. The number of furan rings is 1. The van der Waals surface area contributed by atoms with E-state index in [1.54, 1.807) is 17.9 Å². The third-order valence-corrected chi connectivity index (χ3v) is 3.31. The van der Waals surface area contributed by atoms with Gasteiger partial charge < -0.3 is 19.4 Å². The zero-order valence-corrected chi connectivity index (χ0v) is 13.2. The Morgan fingerprint density at radius 3 is 2.57 bits per heavy atom. The highest BCUT2D eigenvalue weighted by atomic mass is 16.5. The Bertz CT molecular complexity index is 478. The molecule has 0 aliphatic carbocycles. The Kier molecular flexibility index (Phi) is 6.94. The molecule has 1 heterocycles. The SMILES string of the molecule is CCN(CC)C(=O)CCNCc1cc(C(=O)OC)c(C)o1. The molecular formula is C15H24N2O4. The van der Waals surface area contributed by atoms with Crippen LogP contribution < -0.4 is 5.32 Å². The third-order valence-electron chi connectivity index (χ3n) is 3.31. The molecular weight excluding hydrogens is 272 g/mol. The maximum Gasteiger partial charge on any atom is 0.341 e. The summed E-state index contributed by atoms with van der Waals surface area (Å²) >= 11 is 0. The highest BCUT2D eigenvalue weighted by Gasteiger charge is 2.15. The highest BCUT2D eigenvalue weighted by Crippen LogP contribution is 2.15. The second-order valence-corrected chi connectivity index (χ2v) is 4.67. The first-order valence-electron chi connectivity index (χ1n) is 7.19.